The first-order valence-corrected chi connectivity index (χ1v) is 6.64. The molecule has 2 nitrogen and oxygen atoms in total. The van der Waals surface area contributed by atoms with Gasteiger partial charge in [0.25, 0.3) is 0 Å². The van der Waals surface area contributed by atoms with Crippen LogP contribution in [-0.2, 0) is 6.42 Å². The fraction of sp³-hybridized carbons (Fsp3) is 0.294. The molecule has 0 heterocycles. The lowest BCUT2D eigenvalue weighted by Gasteiger charge is -2.16. The minimum Gasteiger partial charge on any atom is -0.494 e. The van der Waals surface area contributed by atoms with E-state index in [1.54, 1.807) is 18.2 Å². The van der Waals surface area contributed by atoms with Gasteiger partial charge in [0.1, 0.15) is 0 Å². The molecule has 2 aromatic carbocycles. The van der Waals surface area contributed by atoms with Gasteiger partial charge in [-0.15, -0.1) is 0 Å². The van der Waals surface area contributed by atoms with E-state index in [2.05, 4.69) is 0 Å². The monoisotopic (exact) mass is 274 g/mol. The van der Waals surface area contributed by atoms with Gasteiger partial charge in [0.05, 0.1) is 13.7 Å². The van der Waals surface area contributed by atoms with Crippen LogP contribution in [0.3, 0.4) is 0 Å². The van der Waals surface area contributed by atoms with Crippen LogP contribution in [0.25, 0.3) is 0 Å². The van der Waals surface area contributed by atoms with Crippen LogP contribution in [0.4, 0.5) is 4.39 Å². The van der Waals surface area contributed by atoms with Gasteiger partial charge in [0, 0.05) is 5.92 Å². The number of benzene rings is 2. The van der Waals surface area contributed by atoms with Gasteiger partial charge in [-0.2, -0.15) is 0 Å². The number of methoxy groups -OCH3 is 1. The van der Waals surface area contributed by atoms with Crippen molar-refractivity contribution in [3.63, 3.8) is 0 Å². The number of aliphatic hydroxyl groups excluding tert-OH is 1. The van der Waals surface area contributed by atoms with Crippen molar-refractivity contribution in [1.82, 2.24) is 0 Å². The Morgan fingerprint density at radius 2 is 1.85 bits per heavy atom. The maximum atomic E-state index is 14.1. The van der Waals surface area contributed by atoms with Crippen molar-refractivity contribution < 1.29 is 14.2 Å². The zero-order valence-electron chi connectivity index (χ0n) is 11.8. The minimum absolute atomic E-state index is 0.0142. The number of aryl methyl sites for hydroxylation is 1. The third kappa shape index (κ3) is 3.17. The maximum absolute atomic E-state index is 14.1. The highest BCUT2D eigenvalue weighted by atomic mass is 19.1. The van der Waals surface area contributed by atoms with Crippen LogP contribution < -0.4 is 4.74 Å². The highest BCUT2D eigenvalue weighted by molar-refractivity contribution is 5.33. The molecule has 0 fully saturated rings. The van der Waals surface area contributed by atoms with Gasteiger partial charge < -0.3 is 9.84 Å². The lowest BCUT2D eigenvalue weighted by Crippen LogP contribution is -2.09. The summed E-state index contributed by atoms with van der Waals surface area (Å²) in [6.07, 6.45) is 0.447. The van der Waals surface area contributed by atoms with Crippen LogP contribution >= 0.6 is 0 Å². The Morgan fingerprint density at radius 3 is 2.45 bits per heavy atom. The van der Waals surface area contributed by atoms with Crippen LogP contribution in [-0.4, -0.2) is 18.8 Å². The van der Waals surface area contributed by atoms with Crippen molar-refractivity contribution in [3.8, 4) is 5.75 Å². The largest absolute Gasteiger partial charge is 0.494 e. The molecule has 1 atom stereocenters. The van der Waals surface area contributed by atoms with Crippen molar-refractivity contribution in [1.29, 1.82) is 0 Å². The molecular formula is C17H19FO2. The zero-order chi connectivity index (χ0) is 14.5. The molecule has 0 bridgehead atoms. The number of hydrogen-bond donors (Lipinski definition) is 1. The first kappa shape index (κ1) is 14.5. The summed E-state index contributed by atoms with van der Waals surface area (Å²) in [5, 5.41) is 9.57. The second kappa shape index (κ2) is 6.53. The summed E-state index contributed by atoms with van der Waals surface area (Å²) >= 11 is 0. The van der Waals surface area contributed by atoms with E-state index in [0.29, 0.717) is 12.0 Å². The van der Waals surface area contributed by atoms with E-state index >= 15 is 0 Å². The molecule has 0 spiro atoms. The van der Waals surface area contributed by atoms with E-state index in [9.17, 15) is 9.50 Å². The van der Waals surface area contributed by atoms with Gasteiger partial charge in [0.2, 0.25) is 0 Å². The molecule has 20 heavy (non-hydrogen) atoms. The molecule has 0 aliphatic heterocycles. The van der Waals surface area contributed by atoms with E-state index in [1.807, 2.05) is 31.2 Å². The molecule has 2 rings (SSSR count). The molecule has 0 radical (unpaired) electrons. The molecule has 0 aliphatic rings. The number of ether oxygens (including phenoxy) is 1. The Balaban J connectivity index is 2.24. The van der Waals surface area contributed by atoms with Gasteiger partial charge in [-0.05, 0) is 30.5 Å². The van der Waals surface area contributed by atoms with Gasteiger partial charge in [-0.3, -0.25) is 0 Å². The Labute approximate surface area is 118 Å². The van der Waals surface area contributed by atoms with E-state index in [0.717, 1.165) is 11.1 Å². The number of halogens is 1. The number of rotatable bonds is 5. The summed E-state index contributed by atoms with van der Waals surface area (Å²) < 4.78 is 19.1. The van der Waals surface area contributed by atoms with Crippen LogP contribution in [0.1, 0.15) is 22.6 Å². The van der Waals surface area contributed by atoms with Crippen LogP contribution in [0.2, 0.25) is 0 Å². The predicted octanol–water partition coefficient (Wildman–Crippen LogP) is 3.46. The first-order valence-electron chi connectivity index (χ1n) is 6.64. The summed E-state index contributed by atoms with van der Waals surface area (Å²) in [5.74, 6) is -0.221. The fourth-order valence-corrected chi connectivity index (χ4v) is 2.26. The SMILES string of the molecule is COc1cccc(CC(CO)c2ccc(C)cc2)c1F. The quantitative estimate of drug-likeness (QED) is 0.904. The van der Waals surface area contributed by atoms with Crippen molar-refractivity contribution in [3.05, 3.63) is 65.0 Å². The molecule has 0 saturated heterocycles. The topological polar surface area (TPSA) is 29.5 Å². The Kier molecular flexibility index (Phi) is 4.74. The number of hydrogen-bond acceptors (Lipinski definition) is 2. The molecule has 2 aromatic rings. The number of aliphatic hydroxyl groups is 1. The lowest BCUT2D eigenvalue weighted by molar-refractivity contribution is 0.263. The Morgan fingerprint density at radius 1 is 1.15 bits per heavy atom. The standard InChI is InChI=1S/C17H19FO2/c1-12-6-8-13(9-7-12)15(11-19)10-14-4-3-5-16(20-2)17(14)18/h3-9,15,19H,10-11H2,1-2H3. The molecule has 0 aromatic heterocycles. The molecule has 3 heteroatoms. The van der Waals surface area contributed by atoms with Gasteiger partial charge in [0.15, 0.2) is 11.6 Å². The highest BCUT2D eigenvalue weighted by Gasteiger charge is 2.16. The lowest BCUT2D eigenvalue weighted by atomic mass is 9.92. The molecule has 106 valence electrons. The Hall–Kier alpha value is -1.87. The van der Waals surface area contributed by atoms with E-state index in [1.165, 1.54) is 7.11 Å². The molecule has 0 saturated carbocycles. The molecule has 0 aliphatic carbocycles. The van der Waals surface area contributed by atoms with Crippen LogP contribution in [0.5, 0.6) is 5.75 Å². The average Bonchev–Trinajstić information content (AvgIpc) is 2.47. The van der Waals surface area contributed by atoms with Crippen LogP contribution in [0.15, 0.2) is 42.5 Å². The van der Waals surface area contributed by atoms with Crippen molar-refractivity contribution in [2.24, 2.45) is 0 Å². The summed E-state index contributed by atoms with van der Waals surface area (Å²) in [6.45, 7) is 2.00. The maximum Gasteiger partial charge on any atom is 0.168 e. The summed E-state index contributed by atoms with van der Waals surface area (Å²) in [5.41, 5.74) is 2.74. The van der Waals surface area contributed by atoms with Crippen molar-refractivity contribution in [2.75, 3.05) is 13.7 Å². The smallest absolute Gasteiger partial charge is 0.168 e. The first-order chi connectivity index (χ1) is 9.65. The summed E-state index contributed by atoms with van der Waals surface area (Å²) in [6, 6.07) is 13.1. The van der Waals surface area contributed by atoms with Crippen molar-refractivity contribution >= 4 is 0 Å². The normalized spacial score (nSPS) is 12.2. The second-order valence-electron chi connectivity index (χ2n) is 4.93. The molecular weight excluding hydrogens is 255 g/mol. The summed E-state index contributed by atoms with van der Waals surface area (Å²) in [7, 11) is 1.45. The highest BCUT2D eigenvalue weighted by Crippen LogP contribution is 2.26. The van der Waals surface area contributed by atoms with E-state index in [4.69, 9.17) is 4.74 Å². The molecule has 0 amide bonds. The Bertz CT molecular complexity index is 564. The third-order valence-electron chi connectivity index (χ3n) is 3.50. The van der Waals surface area contributed by atoms with E-state index in [-0.39, 0.29) is 24.1 Å². The minimum atomic E-state index is -0.347. The average molecular weight is 274 g/mol. The van der Waals surface area contributed by atoms with Crippen molar-refractivity contribution in [2.45, 2.75) is 19.3 Å². The molecule has 1 unspecified atom stereocenters. The van der Waals surface area contributed by atoms with E-state index < -0.39 is 0 Å². The van der Waals surface area contributed by atoms with Gasteiger partial charge in [-0.1, -0.05) is 42.0 Å². The fourth-order valence-electron chi connectivity index (χ4n) is 2.26. The van der Waals surface area contributed by atoms with Gasteiger partial charge in [-0.25, -0.2) is 4.39 Å². The second-order valence-corrected chi connectivity index (χ2v) is 4.93. The third-order valence-corrected chi connectivity index (χ3v) is 3.50. The summed E-state index contributed by atoms with van der Waals surface area (Å²) in [4.78, 5) is 0. The predicted molar refractivity (Wildman–Crippen MR) is 77.7 cm³/mol. The molecule has 1 N–H and O–H groups in total. The zero-order valence-corrected chi connectivity index (χ0v) is 11.8. The van der Waals surface area contributed by atoms with Gasteiger partial charge >= 0.3 is 0 Å². The van der Waals surface area contributed by atoms with Crippen LogP contribution in [0, 0.1) is 12.7 Å².